The first-order valence-electron chi connectivity index (χ1n) is 8.45. The van der Waals surface area contributed by atoms with E-state index in [2.05, 4.69) is 70.5 Å². The number of ether oxygens (including phenoxy) is 2. The lowest BCUT2D eigenvalue weighted by atomic mass is 10.2. The van der Waals surface area contributed by atoms with E-state index in [1.54, 1.807) is 14.2 Å². The fraction of sp³-hybridized carbons (Fsp3) is 0.0909. The zero-order valence-corrected chi connectivity index (χ0v) is 14.8. The van der Waals surface area contributed by atoms with Crippen LogP contribution in [0, 0.1) is 0 Å². The van der Waals surface area contributed by atoms with Crippen molar-refractivity contribution in [3.63, 3.8) is 0 Å². The zero-order chi connectivity index (χ0) is 17.9. The maximum absolute atomic E-state index is 5.30. The number of hydrogen-bond acceptors (Lipinski definition) is 3. The van der Waals surface area contributed by atoms with Gasteiger partial charge in [-0.25, -0.2) is 5.01 Å². The van der Waals surface area contributed by atoms with E-state index in [1.807, 2.05) is 24.3 Å². The van der Waals surface area contributed by atoms with Crippen molar-refractivity contribution in [2.24, 2.45) is 0 Å². The predicted octanol–water partition coefficient (Wildman–Crippen LogP) is 5.26. The second-order valence-corrected chi connectivity index (χ2v) is 5.93. The molecule has 26 heavy (non-hydrogen) atoms. The minimum Gasteiger partial charge on any atom is -0.497 e. The van der Waals surface area contributed by atoms with Crippen molar-refractivity contribution in [2.45, 2.75) is 0 Å². The first-order valence-corrected chi connectivity index (χ1v) is 8.45. The summed E-state index contributed by atoms with van der Waals surface area (Å²) >= 11 is 0. The highest BCUT2D eigenvalue weighted by Crippen LogP contribution is 2.31. The fourth-order valence-corrected chi connectivity index (χ4v) is 3.09. The standard InChI is InChI=1S/C22H20N2O2/c1-25-20-11-7-18(8-12-20)24(19-9-13-21(26-2)14-10-19)23-16-15-17-5-3-4-6-22(17)23/h3-16H,1-2H3. The van der Waals surface area contributed by atoms with Crippen molar-refractivity contribution in [3.05, 3.63) is 85.1 Å². The number of benzene rings is 3. The number of anilines is 2. The number of nitrogens with zero attached hydrogens (tertiary/aromatic N) is 2. The Morgan fingerprint density at radius 2 is 1.19 bits per heavy atom. The molecule has 130 valence electrons. The monoisotopic (exact) mass is 344 g/mol. The number of rotatable bonds is 5. The fourth-order valence-electron chi connectivity index (χ4n) is 3.09. The molecule has 4 nitrogen and oxygen atoms in total. The molecule has 0 bridgehead atoms. The molecule has 0 aliphatic rings. The van der Waals surface area contributed by atoms with Crippen molar-refractivity contribution in [3.8, 4) is 11.5 Å². The van der Waals surface area contributed by atoms with E-state index in [1.165, 1.54) is 5.39 Å². The maximum Gasteiger partial charge on any atom is 0.119 e. The lowest BCUT2D eigenvalue weighted by Crippen LogP contribution is -2.23. The first kappa shape index (κ1) is 16.1. The van der Waals surface area contributed by atoms with E-state index >= 15 is 0 Å². The zero-order valence-electron chi connectivity index (χ0n) is 14.8. The van der Waals surface area contributed by atoms with Crippen LogP contribution in [0.1, 0.15) is 0 Å². The minimum absolute atomic E-state index is 0.834. The summed E-state index contributed by atoms with van der Waals surface area (Å²) in [5.74, 6) is 1.67. The van der Waals surface area contributed by atoms with Crippen molar-refractivity contribution >= 4 is 22.3 Å². The average molecular weight is 344 g/mol. The van der Waals surface area contributed by atoms with Crippen LogP contribution in [-0.4, -0.2) is 18.9 Å². The molecular formula is C22H20N2O2. The molecule has 0 fully saturated rings. The average Bonchev–Trinajstić information content (AvgIpc) is 3.13. The van der Waals surface area contributed by atoms with Crippen molar-refractivity contribution in [1.29, 1.82) is 0 Å². The third-order valence-corrected chi connectivity index (χ3v) is 4.43. The second kappa shape index (κ2) is 6.84. The van der Waals surface area contributed by atoms with Gasteiger partial charge in [-0.15, -0.1) is 0 Å². The van der Waals surface area contributed by atoms with Crippen LogP contribution in [0.2, 0.25) is 0 Å². The van der Waals surface area contributed by atoms with E-state index in [-0.39, 0.29) is 0 Å². The van der Waals surface area contributed by atoms with Gasteiger partial charge in [-0.2, -0.15) is 0 Å². The third-order valence-electron chi connectivity index (χ3n) is 4.43. The smallest absolute Gasteiger partial charge is 0.119 e. The molecule has 4 aromatic rings. The molecule has 0 N–H and O–H groups in total. The summed E-state index contributed by atoms with van der Waals surface area (Å²) in [6.07, 6.45) is 2.08. The van der Waals surface area contributed by atoms with E-state index in [0.717, 1.165) is 28.4 Å². The van der Waals surface area contributed by atoms with Crippen LogP contribution in [0.25, 0.3) is 10.9 Å². The Morgan fingerprint density at radius 3 is 1.73 bits per heavy atom. The molecule has 0 aliphatic heterocycles. The Hall–Kier alpha value is -3.40. The molecule has 0 unspecified atom stereocenters. The summed E-state index contributed by atoms with van der Waals surface area (Å²) in [7, 11) is 3.35. The second-order valence-electron chi connectivity index (χ2n) is 5.93. The molecule has 0 radical (unpaired) electrons. The third kappa shape index (κ3) is 2.86. The van der Waals surface area contributed by atoms with Gasteiger partial charge in [0.05, 0.1) is 31.1 Å². The van der Waals surface area contributed by atoms with Crippen LogP contribution in [0.5, 0.6) is 11.5 Å². The molecule has 0 saturated heterocycles. The minimum atomic E-state index is 0.834. The van der Waals surface area contributed by atoms with Gasteiger partial charge < -0.3 is 9.47 Å². The number of methoxy groups -OCH3 is 2. The van der Waals surface area contributed by atoms with E-state index in [9.17, 15) is 0 Å². The predicted molar refractivity (Wildman–Crippen MR) is 105 cm³/mol. The van der Waals surface area contributed by atoms with Crippen LogP contribution < -0.4 is 14.5 Å². The number of aromatic nitrogens is 1. The molecule has 0 atom stereocenters. The van der Waals surface area contributed by atoms with Crippen molar-refractivity contribution < 1.29 is 9.47 Å². The van der Waals surface area contributed by atoms with Gasteiger partial charge in [-0.3, -0.25) is 4.68 Å². The summed E-state index contributed by atoms with van der Waals surface area (Å²) in [5, 5.41) is 3.36. The van der Waals surface area contributed by atoms with Gasteiger partial charge in [0, 0.05) is 11.6 Å². The lowest BCUT2D eigenvalue weighted by molar-refractivity contribution is 0.415. The van der Waals surface area contributed by atoms with Gasteiger partial charge >= 0.3 is 0 Å². The summed E-state index contributed by atoms with van der Waals surface area (Å²) in [4.78, 5) is 0. The number of para-hydroxylation sites is 1. The molecule has 0 aliphatic carbocycles. The summed E-state index contributed by atoms with van der Waals surface area (Å²) < 4.78 is 12.8. The van der Waals surface area contributed by atoms with Gasteiger partial charge in [0.25, 0.3) is 0 Å². The Balaban J connectivity index is 1.87. The molecule has 4 rings (SSSR count). The molecule has 0 spiro atoms. The molecule has 0 amide bonds. The number of hydrogen-bond donors (Lipinski definition) is 0. The van der Waals surface area contributed by atoms with Gasteiger partial charge in [0.2, 0.25) is 0 Å². The van der Waals surface area contributed by atoms with E-state index in [0.29, 0.717) is 0 Å². The summed E-state index contributed by atoms with van der Waals surface area (Å²) in [6, 6.07) is 26.6. The molecule has 0 saturated carbocycles. The van der Waals surface area contributed by atoms with Crippen LogP contribution in [0.15, 0.2) is 85.1 Å². The first-order chi connectivity index (χ1) is 12.8. The Bertz CT molecular complexity index is 957. The highest BCUT2D eigenvalue weighted by molar-refractivity contribution is 5.82. The Kier molecular flexibility index (Phi) is 4.23. The van der Waals surface area contributed by atoms with E-state index in [4.69, 9.17) is 9.47 Å². The molecule has 1 aromatic heterocycles. The lowest BCUT2D eigenvalue weighted by Gasteiger charge is -2.27. The van der Waals surface area contributed by atoms with Gasteiger partial charge in [0.15, 0.2) is 0 Å². The van der Waals surface area contributed by atoms with Gasteiger partial charge in [-0.05, 0) is 60.7 Å². The molecule has 4 heteroatoms. The van der Waals surface area contributed by atoms with Crippen LogP contribution >= 0.6 is 0 Å². The van der Waals surface area contributed by atoms with Crippen LogP contribution in [0.3, 0.4) is 0 Å². The maximum atomic E-state index is 5.30. The SMILES string of the molecule is COc1ccc(N(c2ccc(OC)cc2)n2ccc3ccccc32)cc1. The van der Waals surface area contributed by atoms with Crippen molar-refractivity contribution in [2.75, 3.05) is 19.2 Å². The highest BCUT2D eigenvalue weighted by atomic mass is 16.5. The summed E-state index contributed by atoms with van der Waals surface area (Å²) in [6.45, 7) is 0. The summed E-state index contributed by atoms with van der Waals surface area (Å²) in [5.41, 5.74) is 3.22. The topological polar surface area (TPSA) is 26.6 Å². The Labute approximate surface area is 152 Å². The molecule has 1 heterocycles. The van der Waals surface area contributed by atoms with Crippen LogP contribution in [-0.2, 0) is 0 Å². The van der Waals surface area contributed by atoms with E-state index < -0.39 is 0 Å². The van der Waals surface area contributed by atoms with Crippen molar-refractivity contribution in [1.82, 2.24) is 4.68 Å². The normalized spacial score (nSPS) is 10.7. The number of fused-ring (bicyclic) bond motifs is 1. The molecule has 3 aromatic carbocycles. The Morgan fingerprint density at radius 1 is 0.654 bits per heavy atom. The van der Waals surface area contributed by atoms with Gasteiger partial charge in [-0.1, -0.05) is 18.2 Å². The highest BCUT2D eigenvalue weighted by Gasteiger charge is 2.14. The quantitative estimate of drug-likeness (QED) is 0.494. The van der Waals surface area contributed by atoms with Crippen LogP contribution in [0.4, 0.5) is 11.4 Å². The molecular weight excluding hydrogens is 324 g/mol. The van der Waals surface area contributed by atoms with Gasteiger partial charge in [0.1, 0.15) is 11.5 Å². The largest absolute Gasteiger partial charge is 0.497 e.